The Bertz CT molecular complexity index is 1560. The second kappa shape index (κ2) is 17.6. The summed E-state index contributed by atoms with van der Waals surface area (Å²) in [5.41, 5.74) is 1.60. The van der Waals surface area contributed by atoms with Crippen LogP contribution in [0.15, 0.2) is 54.6 Å². The Morgan fingerprint density at radius 2 is 1.71 bits per heavy atom. The van der Waals surface area contributed by atoms with Gasteiger partial charge in [-0.15, -0.1) is 0 Å². The molecule has 2 aromatic carbocycles. The Labute approximate surface area is 287 Å². The highest BCUT2D eigenvalue weighted by molar-refractivity contribution is 5.92. The van der Waals surface area contributed by atoms with E-state index in [1.165, 1.54) is 11.8 Å². The number of methoxy groups -OCH3 is 1. The van der Waals surface area contributed by atoms with Crippen LogP contribution < -0.4 is 26.0 Å². The van der Waals surface area contributed by atoms with E-state index in [9.17, 15) is 19.2 Å². The van der Waals surface area contributed by atoms with E-state index >= 15 is 0 Å². The van der Waals surface area contributed by atoms with Crippen LogP contribution in [-0.2, 0) is 43.3 Å². The summed E-state index contributed by atoms with van der Waals surface area (Å²) in [6.45, 7) is 9.68. The predicted octanol–water partition coefficient (Wildman–Crippen LogP) is 2.42. The Balaban J connectivity index is 1.74. The third kappa shape index (κ3) is 11.1. The average Bonchev–Trinajstić information content (AvgIpc) is 3.40. The summed E-state index contributed by atoms with van der Waals surface area (Å²) >= 11 is 0. The maximum Gasteiger partial charge on any atom is 0.246 e. The summed E-state index contributed by atoms with van der Waals surface area (Å²) in [4.78, 5) is 58.7. The number of hydrogen-bond donors (Lipinski definition) is 4. The number of carbonyl (C=O) groups is 4. The number of nitrogens with zero attached hydrogens (tertiary/aromatic N) is 3. The number of rotatable bonds is 8. The quantitative estimate of drug-likeness (QED) is 0.283. The van der Waals surface area contributed by atoms with Crippen molar-refractivity contribution >= 4 is 23.6 Å². The maximum atomic E-state index is 14.1. The fraction of sp³-hybridized carbons (Fsp3) is 0.500. The lowest BCUT2D eigenvalue weighted by Gasteiger charge is -2.27. The molecule has 2 aliphatic heterocycles. The second-order valence-electron chi connectivity index (χ2n) is 13.3. The highest BCUT2D eigenvalue weighted by atomic mass is 16.5. The van der Waals surface area contributed by atoms with Gasteiger partial charge in [-0.05, 0) is 48.4 Å². The summed E-state index contributed by atoms with van der Waals surface area (Å²) in [6.07, 6.45) is 1.04. The van der Waals surface area contributed by atoms with Gasteiger partial charge in [0.25, 0.3) is 0 Å². The molecule has 4 atom stereocenters. The number of aryl methyl sites for hydroxylation is 1. The molecular formula is C36H49N7O6. The van der Waals surface area contributed by atoms with E-state index in [1.54, 1.807) is 19.1 Å². The lowest BCUT2D eigenvalue weighted by Crippen LogP contribution is -2.56. The summed E-state index contributed by atoms with van der Waals surface area (Å²) < 4.78 is 12.6. The van der Waals surface area contributed by atoms with Gasteiger partial charge in [-0.3, -0.25) is 19.2 Å². The molecule has 3 heterocycles. The number of ether oxygens (including phenoxy) is 2. The van der Waals surface area contributed by atoms with Gasteiger partial charge in [0.15, 0.2) is 5.82 Å². The minimum absolute atomic E-state index is 0.106. The molecule has 0 aliphatic carbocycles. The van der Waals surface area contributed by atoms with Gasteiger partial charge in [0.05, 0.1) is 12.1 Å². The number of benzene rings is 2. The first-order valence-electron chi connectivity index (χ1n) is 16.8. The third-order valence-corrected chi connectivity index (χ3v) is 8.12. The van der Waals surface area contributed by atoms with Crippen molar-refractivity contribution in [1.82, 2.24) is 36.0 Å². The molecule has 4 amide bonds. The number of amides is 4. The molecule has 2 aliphatic rings. The van der Waals surface area contributed by atoms with Crippen molar-refractivity contribution in [2.45, 2.75) is 84.6 Å². The van der Waals surface area contributed by atoms with E-state index in [4.69, 9.17) is 9.47 Å². The zero-order valence-corrected chi connectivity index (χ0v) is 29.2. The van der Waals surface area contributed by atoms with Gasteiger partial charge in [-0.25, -0.2) is 9.67 Å². The molecular weight excluding hydrogens is 626 g/mol. The third-order valence-electron chi connectivity index (χ3n) is 8.12. The minimum Gasteiger partial charge on any atom is -0.491 e. The lowest BCUT2D eigenvalue weighted by atomic mass is 10.00. The van der Waals surface area contributed by atoms with Crippen LogP contribution in [-0.4, -0.2) is 76.8 Å². The molecule has 0 saturated carbocycles. The van der Waals surface area contributed by atoms with Gasteiger partial charge in [0, 0.05) is 20.0 Å². The predicted molar refractivity (Wildman–Crippen MR) is 183 cm³/mol. The standard InChI is InChI=1S/C36H49N7O6/c1-22(2)16-27-20-49-28-14-12-26(13-15-28)18-29(39-32(45)21-48-6)35(46)40-30(17-25-10-8-7-9-11-25)36(47)41-33(23(3)4)34-37-24(5)42-43(34)19-31(44)38-27/h7-15,22-23,27,29-30,33H,16-21H2,1-6H3,(H,38,44)(H,39,45)(H,40,46)(H,41,47)/t27-,29-,30-,33-/m0/s1. The molecule has 4 N–H and O–H groups in total. The molecule has 2 bridgehead atoms. The molecule has 13 nitrogen and oxygen atoms in total. The first-order chi connectivity index (χ1) is 23.4. The topological polar surface area (TPSA) is 166 Å². The van der Waals surface area contributed by atoms with Crippen molar-refractivity contribution in [2.24, 2.45) is 11.8 Å². The van der Waals surface area contributed by atoms with Gasteiger partial charge in [-0.2, -0.15) is 5.10 Å². The highest BCUT2D eigenvalue weighted by Gasteiger charge is 2.32. The normalized spacial score (nSPS) is 20.9. The Morgan fingerprint density at radius 1 is 1.00 bits per heavy atom. The molecule has 0 saturated heterocycles. The van der Waals surface area contributed by atoms with E-state index in [1.807, 2.05) is 56.3 Å². The first-order valence-corrected chi connectivity index (χ1v) is 16.8. The lowest BCUT2D eigenvalue weighted by molar-refractivity contribution is -0.133. The van der Waals surface area contributed by atoms with Crippen molar-refractivity contribution in [2.75, 3.05) is 20.3 Å². The van der Waals surface area contributed by atoms with Gasteiger partial charge in [0.2, 0.25) is 23.6 Å². The van der Waals surface area contributed by atoms with E-state index in [-0.39, 0.29) is 50.5 Å². The molecule has 0 fully saturated rings. The molecule has 0 unspecified atom stereocenters. The fourth-order valence-electron chi connectivity index (χ4n) is 5.81. The van der Waals surface area contributed by atoms with Gasteiger partial charge in [0.1, 0.15) is 43.4 Å². The molecule has 0 radical (unpaired) electrons. The highest BCUT2D eigenvalue weighted by Crippen LogP contribution is 2.22. The zero-order chi connectivity index (χ0) is 35.5. The van der Waals surface area contributed by atoms with Crippen molar-refractivity contribution in [3.8, 4) is 5.75 Å². The molecule has 5 rings (SSSR count). The number of fused-ring (bicyclic) bond motifs is 14. The van der Waals surface area contributed by atoms with Crippen LogP contribution in [0.25, 0.3) is 0 Å². The van der Waals surface area contributed by atoms with Crippen LogP contribution in [0, 0.1) is 18.8 Å². The van der Waals surface area contributed by atoms with Crippen LogP contribution in [0.1, 0.15) is 62.9 Å². The summed E-state index contributed by atoms with van der Waals surface area (Å²) in [5, 5.41) is 16.3. The van der Waals surface area contributed by atoms with Gasteiger partial charge in [-0.1, -0.05) is 70.2 Å². The Morgan fingerprint density at radius 3 is 2.37 bits per heavy atom. The maximum absolute atomic E-state index is 14.1. The van der Waals surface area contributed by atoms with Crippen molar-refractivity contribution in [3.05, 3.63) is 77.4 Å². The van der Waals surface area contributed by atoms with Crippen LogP contribution in [0.5, 0.6) is 5.75 Å². The average molecular weight is 676 g/mol. The Hall–Kier alpha value is -4.78. The first kappa shape index (κ1) is 37.0. The van der Waals surface area contributed by atoms with Crippen LogP contribution >= 0.6 is 0 Å². The largest absolute Gasteiger partial charge is 0.491 e. The van der Waals surface area contributed by atoms with E-state index in [2.05, 4.69) is 45.2 Å². The molecule has 264 valence electrons. The molecule has 1 aromatic heterocycles. The van der Waals surface area contributed by atoms with Crippen LogP contribution in [0.2, 0.25) is 0 Å². The molecule has 3 aromatic rings. The number of hydrogen-bond acceptors (Lipinski definition) is 8. The van der Waals surface area contributed by atoms with E-state index in [0.717, 1.165) is 11.1 Å². The summed E-state index contributed by atoms with van der Waals surface area (Å²) in [5.74, 6) is -0.0575. The second-order valence-corrected chi connectivity index (χ2v) is 13.3. The van der Waals surface area contributed by atoms with Crippen LogP contribution in [0.3, 0.4) is 0 Å². The van der Waals surface area contributed by atoms with Crippen molar-refractivity contribution in [1.29, 1.82) is 0 Å². The number of aromatic nitrogens is 3. The molecule has 49 heavy (non-hydrogen) atoms. The monoisotopic (exact) mass is 675 g/mol. The van der Waals surface area contributed by atoms with Crippen molar-refractivity contribution < 1.29 is 28.7 Å². The fourth-order valence-corrected chi connectivity index (χ4v) is 5.81. The van der Waals surface area contributed by atoms with E-state index < -0.39 is 35.8 Å². The number of nitrogens with one attached hydrogen (secondary N) is 4. The summed E-state index contributed by atoms with van der Waals surface area (Å²) in [6, 6.07) is 13.7. The smallest absolute Gasteiger partial charge is 0.246 e. The van der Waals surface area contributed by atoms with Gasteiger partial charge >= 0.3 is 0 Å². The van der Waals surface area contributed by atoms with Crippen LogP contribution in [0.4, 0.5) is 0 Å². The van der Waals surface area contributed by atoms with Gasteiger partial charge < -0.3 is 30.7 Å². The van der Waals surface area contributed by atoms with E-state index in [0.29, 0.717) is 29.7 Å². The SMILES string of the molecule is COCC(=O)N[C@H]1Cc2ccc(cc2)OC[C@H](CC(C)C)NC(=O)Cn2nc(C)nc2[C@H](C(C)C)NC(=O)[C@H](Cc2ccccc2)NC1=O. The minimum atomic E-state index is -1.00. The van der Waals surface area contributed by atoms with Crippen molar-refractivity contribution in [3.63, 3.8) is 0 Å². The summed E-state index contributed by atoms with van der Waals surface area (Å²) in [7, 11) is 1.40. The molecule has 0 spiro atoms. The number of carbonyl (C=O) groups excluding carboxylic acids is 4. The Kier molecular flexibility index (Phi) is 13.3. The molecule has 13 heteroatoms. The zero-order valence-electron chi connectivity index (χ0n) is 29.2.